The number of fused-ring (bicyclic) bond motifs is 1. The molecule has 3 heterocycles. The van der Waals surface area contributed by atoms with Crippen LogP contribution in [0.4, 0.5) is 0 Å². The Bertz CT molecular complexity index is 788. The van der Waals surface area contributed by atoms with E-state index in [1.807, 2.05) is 36.4 Å². The molecule has 0 bridgehead atoms. The molecule has 0 N–H and O–H groups in total. The summed E-state index contributed by atoms with van der Waals surface area (Å²) < 4.78 is 8.11. The average Bonchev–Trinajstić information content (AvgIpc) is 3.16. The lowest BCUT2D eigenvalue weighted by molar-refractivity contribution is 0.249. The van der Waals surface area contributed by atoms with Crippen LogP contribution in [0.25, 0.3) is 11.3 Å². The van der Waals surface area contributed by atoms with Crippen molar-refractivity contribution >= 4 is 11.6 Å². The Labute approximate surface area is 139 Å². The third kappa shape index (κ3) is 3.02. The van der Waals surface area contributed by atoms with Gasteiger partial charge in [-0.05, 0) is 24.3 Å². The number of rotatable bonds is 3. The Morgan fingerprint density at radius 2 is 2.00 bits per heavy atom. The van der Waals surface area contributed by atoms with Crippen LogP contribution >= 0.6 is 11.6 Å². The topological polar surface area (TPSA) is 47.1 Å². The molecule has 0 unspecified atom stereocenters. The minimum Gasteiger partial charge on any atom is -0.460 e. The van der Waals surface area contributed by atoms with Gasteiger partial charge in [-0.15, -0.1) is 10.2 Å². The standard InChI is InChI=1S/C17H17ClN4O/c18-15-4-2-1-3-14(15)16-6-5-13(23-16)11-21-8-7-17-20-19-12-22(17)10-9-21/h1-6,12H,7-11H2. The van der Waals surface area contributed by atoms with Gasteiger partial charge in [0.25, 0.3) is 0 Å². The summed E-state index contributed by atoms with van der Waals surface area (Å²) in [6.45, 7) is 3.64. The Balaban J connectivity index is 1.46. The van der Waals surface area contributed by atoms with Gasteiger partial charge in [0.15, 0.2) is 0 Å². The van der Waals surface area contributed by atoms with E-state index in [-0.39, 0.29) is 0 Å². The van der Waals surface area contributed by atoms with Crippen LogP contribution in [0.3, 0.4) is 0 Å². The molecule has 0 aliphatic carbocycles. The second-order valence-corrected chi connectivity index (χ2v) is 6.12. The van der Waals surface area contributed by atoms with E-state index < -0.39 is 0 Å². The molecule has 6 heteroatoms. The van der Waals surface area contributed by atoms with E-state index in [0.717, 1.165) is 55.5 Å². The van der Waals surface area contributed by atoms with E-state index in [1.165, 1.54) is 0 Å². The summed E-state index contributed by atoms with van der Waals surface area (Å²) in [6, 6.07) is 11.8. The molecule has 0 saturated heterocycles. The monoisotopic (exact) mass is 328 g/mol. The Morgan fingerprint density at radius 3 is 2.91 bits per heavy atom. The first-order valence-corrected chi connectivity index (χ1v) is 8.10. The zero-order valence-electron chi connectivity index (χ0n) is 12.7. The summed E-state index contributed by atoms with van der Waals surface area (Å²) in [5.41, 5.74) is 0.933. The van der Waals surface area contributed by atoms with Crippen molar-refractivity contribution < 1.29 is 4.42 Å². The Kier molecular flexibility index (Phi) is 3.89. The van der Waals surface area contributed by atoms with Crippen molar-refractivity contribution in [2.75, 3.05) is 13.1 Å². The van der Waals surface area contributed by atoms with Crippen molar-refractivity contribution in [3.8, 4) is 11.3 Å². The Morgan fingerprint density at radius 1 is 1.09 bits per heavy atom. The first-order valence-electron chi connectivity index (χ1n) is 7.72. The highest BCUT2D eigenvalue weighted by Crippen LogP contribution is 2.29. The highest BCUT2D eigenvalue weighted by atomic mass is 35.5. The first-order chi connectivity index (χ1) is 11.3. The van der Waals surface area contributed by atoms with Crippen LogP contribution in [-0.4, -0.2) is 32.8 Å². The molecule has 118 valence electrons. The van der Waals surface area contributed by atoms with Gasteiger partial charge in [-0.3, -0.25) is 4.90 Å². The average molecular weight is 329 g/mol. The van der Waals surface area contributed by atoms with E-state index >= 15 is 0 Å². The lowest BCUT2D eigenvalue weighted by Gasteiger charge is -2.17. The maximum atomic E-state index is 6.23. The molecule has 0 saturated carbocycles. The van der Waals surface area contributed by atoms with Crippen LogP contribution in [0.1, 0.15) is 11.6 Å². The van der Waals surface area contributed by atoms with Gasteiger partial charge >= 0.3 is 0 Å². The lowest BCUT2D eigenvalue weighted by Crippen LogP contribution is -2.26. The number of furan rings is 1. The molecule has 0 atom stereocenters. The van der Waals surface area contributed by atoms with E-state index in [1.54, 1.807) is 6.33 Å². The van der Waals surface area contributed by atoms with Gasteiger partial charge in [-0.1, -0.05) is 23.7 Å². The molecule has 3 aromatic rings. The molecule has 2 aromatic heterocycles. The molecule has 5 nitrogen and oxygen atoms in total. The van der Waals surface area contributed by atoms with Gasteiger partial charge in [0, 0.05) is 31.6 Å². The third-order valence-corrected chi connectivity index (χ3v) is 4.51. The number of hydrogen-bond donors (Lipinski definition) is 0. The summed E-state index contributed by atoms with van der Waals surface area (Å²) in [7, 11) is 0. The minimum atomic E-state index is 0.709. The maximum Gasteiger partial charge on any atom is 0.135 e. The molecule has 0 fully saturated rings. The predicted molar refractivity (Wildman–Crippen MR) is 88.2 cm³/mol. The number of nitrogens with zero attached hydrogens (tertiary/aromatic N) is 4. The van der Waals surface area contributed by atoms with Crippen molar-refractivity contribution in [2.24, 2.45) is 0 Å². The zero-order valence-corrected chi connectivity index (χ0v) is 13.4. The lowest BCUT2D eigenvalue weighted by atomic mass is 10.2. The number of benzene rings is 1. The van der Waals surface area contributed by atoms with Crippen LogP contribution in [0, 0.1) is 0 Å². The van der Waals surface area contributed by atoms with Crippen LogP contribution in [0.2, 0.25) is 5.02 Å². The van der Waals surface area contributed by atoms with Crippen molar-refractivity contribution in [1.82, 2.24) is 19.7 Å². The van der Waals surface area contributed by atoms with Crippen LogP contribution in [0.5, 0.6) is 0 Å². The molecule has 0 radical (unpaired) electrons. The summed E-state index contributed by atoms with van der Waals surface area (Å²) in [5, 5.41) is 8.83. The molecular weight excluding hydrogens is 312 g/mol. The molecule has 0 amide bonds. The normalized spacial score (nSPS) is 15.3. The van der Waals surface area contributed by atoms with Gasteiger partial charge in [0.2, 0.25) is 0 Å². The van der Waals surface area contributed by atoms with Crippen molar-refractivity contribution in [3.63, 3.8) is 0 Å². The van der Waals surface area contributed by atoms with E-state index in [0.29, 0.717) is 5.02 Å². The van der Waals surface area contributed by atoms with Gasteiger partial charge in [-0.2, -0.15) is 0 Å². The quantitative estimate of drug-likeness (QED) is 0.740. The highest BCUT2D eigenvalue weighted by molar-refractivity contribution is 6.33. The van der Waals surface area contributed by atoms with Crippen LogP contribution in [0.15, 0.2) is 47.1 Å². The van der Waals surface area contributed by atoms with Crippen molar-refractivity contribution in [1.29, 1.82) is 0 Å². The molecule has 1 aromatic carbocycles. The summed E-state index contributed by atoms with van der Waals surface area (Å²) in [4.78, 5) is 2.38. The highest BCUT2D eigenvalue weighted by Gasteiger charge is 2.16. The van der Waals surface area contributed by atoms with Gasteiger partial charge in [0.1, 0.15) is 23.7 Å². The van der Waals surface area contributed by atoms with Crippen LogP contribution in [-0.2, 0) is 19.5 Å². The van der Waals surface area contributed by atoms with E-state index in [4.69, 9.17) is 16.0 Å². The van der Waals surface area contributed by atoms with E-state index in [9.17, 15) is 0 Å². The van der Waals surface area contributed by atoms with Gasteiger partial charge in [-0.25, -0.2) is 0 Å². The van der Waals surface area contributed by atoms with Gasteiger partial charge in [0.05, 0.1) is 11.6 Å². The fourth-order valence-corrected chi connectivity index (χ4v) is 3.15. The predicted octanol–water partition coefficient (Wildman–Crippen LogP) is 3.25. The largest absolute Gasteiger partial charge is 0.460 e. The molecule has 23 heavy (non-hydrogen) atoms. The number of aromatic nitrogens is 3. The third-order valence-electron chi connectivity index (χ3n) is 4.18. The molecule has 4 rings (SSSR count). The molecule has 1 aliphatic heterocycles. The summed E-state index contributed by atoms with van der Waals surface area (Å²) >= 11 is 6.23. The first kappa shape index (κ1) is 14.5. The van der Waals surface area contributed by atoms with Crippen molar-refractivity contribution in [3.05, 3.63) is 59.3 Å². The summed E-state index contributed by atoms with van der Waals surface area (Å²) in [6.07, 6.45) is 2.72. The molecular formula is C17H17ClN4O. The SMILES string of the molecule is Clc1ccccc1-c1ccc(CN2CCc3nncn3CC2)o1. The summed E-state index contributed by atoms with van der Waals surface area (Å²) in [5.74, 6) is 2.83. The molecule has 0 spiro atoms. The van der Waals surface area contributed by atoms with E-state index in [2.05, 4.69) is 19.7 Å². The minimum absolute atomic E-state index is 0.709. The second kappa shape index (κ2) is 6.18. The maximum absolute atomic E-state index is 6.23. The zero-order chi connectivity index (χ0) is 15.6. The fraction of sp³-hybridized carbons (Fsp3) is 0.294. The molecule has 1 aliphatic rings. The number of halogens is 1. The second-order valence-electron chi connectivity index (χ2n) is 5.71. The van der Waals surface area contributed by atoms with Gasteiger partial charge < -0.3 is 8.98 Å². The van der Waals surface area contributed by atoms with Crippen molar-refractivity contribution in [2.45, 2.75) is 19.5 Å². The van der Waals surface area contributed by atoms with Crippen LogP contribution < -0.4 is 0 Å². The fourth-order valence-electron chi connectivity index (χ4n) is 2.93. The Hall–Kier alpha value is -2.11. The number of hydrogen-bond acceptors (Lipinski definition) is 4. The smallest absolute Gasteiger partial charge is 0.135 e.